The van der Waals surface area contributed by atoms with Crippen molar-refractivity contribution in [2.45, 2.75) is 38.3 Å². The van der Waals surface area contributed by atoms with Gasteiger partial charge in [0.2, 0.25) is 0 Å². The quantitative estimate of drug-likeness (QED) is 0.939. The molecule has 0 radical (unpaired) electrons. The summed E-state index contributed by atoms with van der Waals surface area (Å²) in [5.41, 5.74) is 5.13. The minimum absolute atomic E-state index is 0.308. The maximum absolute atomic E-state index is 5.86. The number of para-hydroxylation sites is 1. The predicted octanol–water partition coefficient (Wildman–Crippen LogP) is 3.26. The first kappa shape index (κ1) is 12.9. The molecule has 21 heavy (non-hydrogen) atoms. The molecule has 2 aliphatic heterocycles. The SMILES string of the molecule is CC(C1CCCO1)n1cncc1-c1cccc2c1NCC2. The molecule has 0 aliphatic carbocycles. The number of benzene rings is 1. The highest BCUT2D eigenvalue weighted by molar-refractivity contribution is 5.79. The molecule has 4 nitrogen and oxygen atoms in total. The van der Waals surface area contributed by atoms with Gasteiger partial charge in [-0.3, -0.25) is 0 Å². The number of ether oxygens (including phenoxy) is 1. The zero-order valence-corrected chi connectivity index (χ0v) is 12.4. The Labute approximate surface area is 125 Å². The molecule has 1 fully saturated rings. The fourth-order valence-corrected chi connectivity index (χ4v) is 3.55. The summed E-state index contributed by atoms with van der Waals surface area (Å²) in [4.78, 5) is 4.40. The molecule has 1 aromatic heterocycles. The summed E-state index contributed by atoms with van der Waals surface area (Å²) in [5.74, 6) is 0. The number of rotatable bonds is 3. The molecule has 1 N–H and O–H groups in total. The van der Waals surface area contributed by atoms with Crippen molar-refractivity contribution in [3.63, 3.8) is 0 Å². The van der Waals surface area contributed by atoms with Gasteiger partial charge in [-0.05, 0) is 31.7 Å². The Morgan fingerprint density at radius 1 is 1.43 bits per heavy atom. The summed E-state index contributed by atoms with van der Waals surface area (Å²) in [5, 5.41) is 3.52. The van der Waals surface area contributed by atoms with Crippen LogP contribution >= 0.6 is 0 Å². The molecule has 110 valence electrons. The summed E-state index contributed by atoms with van der Waals surface area (Å²) in [6.45, 7) is 4.15. The molecule has 2 aromatic rings. The first-order chi connectivity index (χ1) is 10.3. The molecule has 0 amide bonds. The first-order valence-electron chi connectivity index (χ1n) is 7.84. The van der Waals surface area contributed by atoms with E-state index in [0.717, 1.165) is 26.0 Å². The normalized spacial score (nSPS) is 22.0. The van der Waals surface area contributed by atoms with Crippen molar-refractivity contribution >= 4 is 5.69 Å². The fourth-order valence-electron chi connectivity index (χ4n) is 3.55. The molecule has 0 bridgehead atoms. The van der Waals surface area contributed by atoms with Crippen molar-refractivity contribution in [1.29, 1.82) is 0 Å². The van der Waals surface area contributed by atoms with Gasteiger partial charge >= 0.3 is 0 Å². The monoisotopic (exact) mass is 283 g/mol. The zero-order valence-electron chi connectivity index (χ0n) is 12.4. The molecule has 1 aromatic carbocycles. The zero-order chi connectivity index (χ0) is 14.2. The molecular formula is C17H21N3O. The second-order valence-electron chi connectivity index (χ2n) is 5.99. The summed E-state index contributed by atoms with van der Waals surface area (Å²) >= 11 is 0. The third kappa shape index (κ3) is 2.14. The summed E-state index contributed by atoms with van der Waals surface area (Å²) in [6, 6.07) is 6.87. The third-order valence-corrected chi connectivity index (χ3v) is 4.73. The van der Waals surface area contributed by atoms with E-state index in [9.17, 15) is 0 Å². The Bertz CT molecular complexity index is 643. The van der Waals surface area contributed by atoms with E-state index in [1.807, 2.05) is 12.5 Å². The number of imidazole rings is 1. The van der Waals surface area contributed by atoms with Crippen LogP contribution in [-0.4, -0.2) is 28.8 Å². The minimum Gasteiger partial charge on any atom is -0.384 e. The second-order valence-corrected chi connectivity index (χ2v) is 5.99. The standard InChI is InChI=1S/C17H21N3O/c1-12(16-6-3-9-21-16)20-11-18-10-15(20)14-5-2-4-13-7-8-19-17(13)14/h2,4-5,10-12,16,19H,3,6-9H2,1H3. The molecule has 3 heterocycles. The van der Waals surface area contributed by atoms with Crippen LogP contribution in [0.2, 0.25) is 0 Å². The van der Waals surface area contributed by atoms with Gasteiger partial charge in [0.1, 0.15) is 0 Å². The van der Waals surface area contributed by atoms with E-state index < -0.39 is 0 Å². The molecule has 2 unspecified atom stereocenters. The van der Waals surface area contributed by atoms with Gasteiger partial charge in [-0.1, -0.05) is 18.2 Å². The Morgan fingerprint density at radius 2 is 2.38 bits per heavy atom. The Morgan fingerprint density at radius 3 is 3.24 bits per heavy atom. The maximum atomic E-state index is 5.86. The number of aromatic nitrogens is 2. The van der Waals surface area contributed by atoms with Gasteiger partial charge in [0.05, 0.1) is 30.4 Å². The van der Waals surface area contributed by atoms with Gasteiger partial charge in [0.25, 0.3) is 0 Å². The highest BCUT2D eigenvalue weighted by Crippen LogP contribution is 2.36. The van der Waals surface area contributed by atoms with Crippen molar-refractivity contribution < 1.29 is 4.74 Å². The van der Waals surface area contributed by atoms with Crippen molar-refractivity contribution in [2.75, 3.05) is 18.5 Å². The lowest BCUT2D eigenvalue weighted by Crippen LogP contribution is -2.21. The topological polar surface area (TPSA) is 39.1 Å². The predicted molar refractivity (Wildman–Crippen MR) is 83.5 cm³/mol. The van der Waals surface area contributed by atoms with Crippen LogP contribution in [0.4, 0.5) is 5.69 Å². The van der Waals surface area contributed by atoms with Gasteiger partial charge < -0.3 is 14.6 Å². The summed E-state index contributed by atoms with van der Waals surface area (Å²) in [7, 11) is 0. The van der Waals surface area contributed by atoms with Crippen LogP contribution in [0.1, 0.15) is 31.4 Å². The Kier molecular flexibility index (Phi) is 3.19. The van der Waals surface area contributed by atoms with Gasteiger partial charge in [0.15, 0.2) is 0 Å². The average molecular weight is 283 g/mol. The summed E-state index contributed by atoms with van der Waals surface area (Å²) in [6.07, 6.45) is 7.64. The molecule has 4 rings (SSSR count). The molecular weight excluding hydrogens is 262 g/mol. The molecule has 1 saturated heterocycles. The van der Waals surface area contributed by atoms with Gasteiger partial charge in [-0.2, -0.15) is 0 Å². The summed E-state index contributed by atoms with van der Waals surface area (Å²) < 4.78 is 8.13. The van der Waals surface area contributed by atoms with Crippen LogP contribution in [0, 0.1) is 0 Å². The maximum Gasteiger partial charge on any atom is 0.0954 e. The van der Waals surface area contributed by atoms with Crippen LogP contribution in [0.5, 0.6) is 0 Å². The van der Waals surface area contributed by atoms with Crippen LogP contribution < -0.4 is 5.32 Å². The number of fused-ring (bicyclic) bond motifs is 1. The average Bonchev–Trinajstić information content (AvgIpc) is 3.24. The molecule has 2 atom stereocenters. The lowest BCUT2D eigenvalue weighted by molar-refractivity contribution is 0.0737. The van der Waals surface area contributed by atoms with E-state index in [4.69, 9.17) is 4.74 Å². The van der Waals surface area contributed by atoms with E-state index in [2.05, 4.69) is 40.0 Å². The van der Waals surface area contributed by atoms with Crippen LogP contribution in [0.15, 0.2) is 30.7 Å². The van der Waals surface area contributed by atoms with Gasteiger partial charge in [0, 0.05) is 24.4 Å². The molecule has 0 saturated carbocycles. The highest BCUT2D eigenvalue weighted by Gasteiger charge is 2.26. The van der Waals surface area contributed by atoms with Gasteiger partial charge in [-0.15, -0.1) is 0 Å². The van der Waals surface area contributed by atoms with Crippen LogP contribution in [-0.2, 0) is 11.2 Å². The highest BCUT2D eigenvalue weighted by atomic mass is 16.5. The molecule has 0 spiro atoms. The lowest BCUT2D eigenvalue weighted by atomic mass is 10.0. The van der Waals surface area contributed by atoms with Gasteiger partial charge in [-0.25, -0.2) is 4.98 Å². The van der Waals surface area contributed by atoms with Crippen molar-refractivity contribution in [1.82, 2.24) is 9.55 Å². The number of nitrogens with one attached hydrogen (secondary N) is 1. The van der Waals surface area contributed by atoms with E-state index in [1.54, 1.807) is 0 Å². The largest absolute Gasteiger partial charge is 0.384 e. The minimum atomic E-state index is 0.308. The van der Waals surface area contributed by atoms with E-state index in [0.29, 0.717) is 12.1 Å². The smallest absolute Gasteiger partial charge is 0.0954 e. The molecule has 4 heteroatoms. The van der Waals surface area contributed by atoms with Crippen LogP contribution in [0.25, 0.3) is 11.3 Å². The van der Waals surface area contributed by atoms with Crippen LogP contribution in [0.3, 0.4) is 0 Å². The lowest BCUT2D eigenvalue weighted by Gasteiger charge is -2.23. The van der Waals surface area contributed by atoms with Crippen molar-refractivity contribution in [3.8, 4) is 11.3 Å². The number of nitrogens with zero attached hydrogens (tertiary/aromatic N) is 2. The Balaban J connectivity index is 1.74. The molecule has 2 aliphatic rings. The number of hydrogen-bond acceptors (Lipinski definition) is 3. The second kappa shape index (κ2) is 5.19. The van der Waals surface area contributed by atoms with Crippen molar-refractivity contribution in [2.24, 2.45) is 0 Å². The van der Waals surface area contributed by atoms with E-state index in [-0.39, 0.29) is 0 Å². The first-order valence-corrected chi connectivity index (χ1v) is 7.84. The van der Waals surface area contributed by atoms with E-state index in [1.165, 1.54) is 28.9 Å². The van der Waals surface area contributed by atoms with Crippen molar-refractivity contribution in [3.05, 3.63) is 36.3 Å². The number of hydrogen-bond donors (Lipinski definition) is 1. The Hall–Kier alpha value is -1.81. The fraction of sp³-hybridized carbons (Fsp3) is 0.471. The van der Waals surface area contributed by atoms with E-state index >= 15 is 0 Å². The number of anilines is 1. The third-order valence-electron chi connectivity index (χ3n) is 4.73.